The molecule has 0 heterocycles. The van der Waals surface area contributed by atoms with Gasteiger partial charge >= 0.3 is 0 Å². The second-order valence-corrected chi connectivity index (χ2v) is 3.08. The number of hydrogen-bond acceptors (Lipinski definition) is 1. The standard InChI is InChI=1S/C10H15N.ClH/c1-7-5-4-6-10(8(7)2)9(3)11;/h4-6,9H,11H2,1-3H3;1H/t9-;/m0./s1. The Kier molecular flexibility index (Phi) is 4.29. The summed E-state index contributed by atoms with van der Waals surface area (Å²) in [4.78, 5) is 0. The van der Waals surface area contributed by atoms with Crippen LogP contribution in [0.3, 0.4) is 0 Å². The molecule has 68 valence electrons. The summed E-state index contributed by atoms with van der Waals surface area (Å²) in [7, 11) is 0. The minimum Gasteiger partial charge on any atom is -0.324 e. The summed E-state index contributed by atoms with van der Waals surface area (Å²) in [5.41, 5.74) is 9.68. The molecule has 0 amide bonds. The number of benzene rings is 1. The minimum atomic E-state index is 0. The molecule has 0 saturated heterocycles. The summed E-state index contributed by atoms with van der Waals surface area (Å²) < 4.78 is 0. The average Bonchev–Trinajstić information content (AvgIpc) is 1.94. The average molecular weight is 186 g/mol. The van der Waals surface area contributed by atoms with E-state index in [1.807, 2.05) is 6.92 Å². The van der Waals surface area contributed by atoms with E-state index in [0.717, 1.165) is 0 Å². The van der Waals surface area contributed by atoms with Gasteiger partial charge in [-0.25, -0.2) is 0 Å². The van der Waals surface area contributed by atoms with E-state index in [9.17, 15) is 0 Å². The Labute approximate surface area is 80.4 Å². The SMILES string of the molecule is Cc1cccc([C@H](C)N)c1C.Cl. The van der Waals surface area contributed by atoms with Gasteiger partial charge in [-0.15, -0.1) is 12.4 Å². The van der Waals surface area contributed by atoms with Gasteiger partial charge in [-0.3, -0.25) is 0 Å². The highest BCUT2D eigenvalue weighted by Crippen LogP contribution is 2.17. The van der Waals surface area contributed by atoms with Crippen molar-refractivity contribution in [2.75, 3.05) is 0 Å². The van der Waals surface area contributed by atoms with Gasteiger partial charge in [0, 0.05) is 6.04 Å². The Balaban J connectivity index is 0.00000121. The predicted octanol–water partition coefficient (Wildman–Crippen LogP) is 2.74. The largest absolute Gasteiger partial charge is 0.324 e. The molecule has 0 aliphatic rings. The first-order valence-electron chi connectivity index (χ1n) is 3.94. The molecule has 0 unspecified atom stereocenters. The van der Waals surface area contributed by atoms with Crippen LogP contribution < -0.4 is 5.73 Å². The van der Waals surface area contributed by atoms with Crippen LogP contribution in [0, 0.1) is 13.8 Å². The van der Waals surface area contributed by atoms with Crippen LogP contribution in [0.1, 0.15) is 29.7 Å². The summed E-state index contributed by atoms with van der Waals surface area (Å²) >= 11 is 0. The topological polar surface area (TPSA) is 26.0 Å². The van der Waals surface area contributed by atoms with Crippen molar-refractivity contribution in [3.8, 4) is 0 Å². The Morgan fingerprint density at radius 2 is 1.83 bits per heavy atom. The lowest BCUT2D eigenvalue weighted by atomic mass is 9.99. The quantitative estimate of drug-likeness (QED) is 0.716. The van der Waals surface area contributed by atoms with Gasteiger partial charge in [-0.2, -0.15) is 0 Å². The Hall–Kier alpha value is -0.530. The van der Waals surface area contributed by atoms with Crippen molar-refractivity contribution in [2.24, 2.45) is 5.73 Å². The summed E-state index contributed by atoms with van der Waals surface area (Å²) in [5, 5.41) is 0. The third-order valence-corrected chi connectivity index (χ3v) is 2.14. The van der Waals surface area contributed by atoms with Crippen LogP contribution in [-0.4, -0.2) is 0 Å². The van der Waals surface area contributed by atoms with Gasteiger partial charge in [0.2, 0.25) is 0 Å². The van der Waals surface area contributed by atoms with Crippen molar-refractivity contribution in [1.82, 2.24) is 0 Å². The molecule has 12 heavy (non-hydrogen) atoms. The maximum absolute atomic E-state index is 5.78. The van der Waals surface area contributed by atoms with Crippen LogP contribution in [0.2, 0.25) is 0 Å². The summed E-state index contributed by atoms with van der Waals surface area (Å²) in [6.45, 7) is 6.25. The predicted molar refractivity (Wildman–Crippen MR) is 55.8 cm³/mol. The third-order valence-electron chi connectivity index (χ3n) is 2.14. The van der Waals surface area contributed by atoms with Gasteiger partial charge in [0.05, 0.1) is 0 Å². The summed E-state index contributed by atoms with van der Waals surface area (Å²) in [5.74, 6) is 0. The number of nitrogens with two attached hydrogens (primary N) is 1. The van der Waals surface area contributed by atoms with Crippen LogP contribution in [-0.2, 0) is 0 Å². The van der Waals surface area contributed by atoms with Crippen molar-refractivity contribution in [3.63, 3.8) is 0 Å². The molecule has 1 atom stereocenters. The lowest BCUT2D eigenvalue weighted by molar-refractivity contribution is 0.808. The maximum Gasteiger partial charge on any atom is 0.0268 e. The number of rotatable bonds is 1. The monoisotopic (exact) mass is 185 g/mol. The third kappa shape index (κ3) is 2.23. The van der Waals surface area contributed by atoms with Gasteiger partial charge < -0.3 is 5.73 Å². The van der Waals surface area contributed by atoms with E-state index in [-0.39, 0.29) is 18.4 Å². The molecule has 0 bridgehead atoms. The fraction of sp³-hybridized carbons (Fsp3) is 0.400. The van der Waals surface area contributed by atoms with Gasteiger partial charge in [0.1, 0.15) is 0 Å². The van der Waals surface area contributed by atoms with E-state index in [2.05, 4.69) is 32.0 Å². The fourth-order valence-corrected chi connectivity index (χ4v) is 1.27. The first-order valence-corrected chi connectivity index (χ1v) is 3.94. The number of halogens is 1. The molecule has 0 aromatic heterocycles. The molecule has 0 saturated carbocycles. The smallest absolute Gasteiger partial charge is 0.0268 e. The second kappa shape index (κ2) is 4.48. The summed E-state index contributed by atoms with van der Waals surface area (Å²) in [6, 6.07) is 6.41. The Morgan fingerprint density at radius 3 is 2.25 bits per heavy atom. The maximum atomic E-state index is 5.78. The summed E-state index contributed by atoms with van der Waals surface area (Å²) in [6.07, 6.45) is 0. The normalized spacial score (nSPS) is 12.0. The first kappa shape index (κ1) is 11.5. The van der Waals surface area contributed by atoms with E-state index in [1.165, 1.54) is 16.7 Å². The number of hydrogen-bond donors (Lipinski definition) is 1. The minimum absolute atomic E-state index is 0. The zero-order valence-corrected chi connectivity index (χ0v) is 8.61. The molecule has 2 N–H and O–H groups in total. The van der Waals surface area contributed by atoms with Crippen LogP contribution in [0.5, 0.6) is 0 Å². The molecular weight excluding hydrogens is 170 g/mol. The molecule has 0 aliphatic heterocycles. The van der Waals surface area contributed by atoms with Gasteiger partial charge in [-0.1, -0.05) is 18.2 Å². The highest BCUT2D eigenvalue weighted by atomic mass is 35.5. The van der Waals surface area contributed by atoms with E-state index >= 15 is 0 Å². The molecule has 1 rings (SSSR count). The van der Waals surface area contributed by atoms with E-state index in [1.54, 1.807) is 0 Å². The lowest BCUT2D eigenvalue weighted by Gasteiger charge is -2.10. The molecule has 0 spiro atoms. The fourth-order valence-electron chi connectivity index (χ4n) is 1.27. The first-order chi connectivity index (χ1) is 5.13. The van der Waals surface area contributed by atoms with E-state index in [0.29, 0.717) is 0 Å². The molecule has 0 aliphatic carbocycles. The van der Waals surface area contributed by atoms with Gasteiger partial charge in [-0.05, 0) is 37.5 Å². The van der Waals surface area contributed by atoms with Crippen LogP contribution in [0.4, 0.5) is 0 Å². The highest BCUT2D eigenvalue weighted by molar-refractivity contribution is 5.85. The van der Waals surface area contributed by atoms with E-state index < -0.39 is 0 Å². The van der Waals surface area contributed by atoms with Crippen molar-refractivity contribution in [2.45, 2.75) is 26.8 Å². The molecule has 0 radical (unpaired) electrons. The molecule has 0 fully saturated rings. The van der Waals surface area contributed by atoms with Crippen molar-refractivity contribution < 1.29 is 0 Å². The van der Waals surface area contributed by atoms with Gasteiger partial charge in [0.15, 0.2) is 0 Å². The van der Waals surface area contributed by atoms with Crippen LogP contribution in [0.25, 0.3) is 0 Å². The van der Waals surface area contributed by atoms with E-state index in [4.69, 9.17) is 5.73 Å². The van der Waals surface area contributed by atoms with Crippen molar-refractivity contribution in [3.05, 3.63) is 34.9 Å². The van der Waals surface area contributed by atoms with Crippen LogP contribution in [0.15, 0.2) is 18.2 Å². The Bertz CT molecular complexity index is 256. The van der Waals surface area contributed by atoms with Gasteiger partial charge in [0.25, 0.3) is 0 Å². The van der Waals surface area contributed by atoms with Crippen molar-refractivity contribution in [1.29, 1.82) is 0 Å². The molecule has 2 heteroatoms. The van der Waals surface area contributed by atoms with Crippen LogP contribution >= 0.6 is 12.4 Å². The molecule has 1 nitrogen and oxygen atoms in total. The van der Waals surface area contributed by atoms with Crippen molar-refractivity contribution >= 4 is 12.4 Å². The number of aryl methyl sites for hydroxylation is 1. The highest BCUT2D eigenvalue weighted by Gasteiger charge is 2.03. The zero-order chi connectivity index (χ0) is 8.43. The second-order valence-electron chi connectivity index (χ2n) is 3.08. The molecule has 1 aromatic carbocycles. The zero-order valence-electron chi connectivity index (χ0n) is 7.79. The Morgan fingerprint density at radius 1 is 1.25 bits per heavy atom. The lowest BCUT2D eigenvalue weighted by Crippen LogP contribution is -2.07. The molecule has 1 aromatic rings. The molecular formula is C10H16ClN.